The second-order valence-corrected chi connectivity index (χ2v) is 6.03. The predicted octanol–water partition coefficient (Wildman–Crippen LogP) is 3.08. The van der Waals surface area contributed by atoms with Crippen molar-refractivity contribution in [3.63, 3.8) is 0 Å². The Labute approximate surface area is 143 Å². The number of hydrogen-bond acceptors (Lipinski definition) is 3. The summed E-state index contributed by atoms with van der Waals surface area (Å²) < 4.78 is 0. The zero-order valence-electron chi connectivity index (χ0n) is 12.6. The number of hydrogen-bond donors (Lipinski definition) is 1. The highest BCUT2D eigenvalue weighted by Gasteiger charge is 2.39. The summed E-state index contributed by atoms with van der Waals surface area (Å²) in [5.74, 6) is -2.84. The number of carbonyl (C=O) groups is 3. The van der Waals surface area contributed by atoms with E-state index in [0.717, 1.165) is 10.5 Å². The molecule has 0 spiro atoms. The Morgan fingerprint density at radius 1 is 1.08 bits per heavy atom. The monoisotopic (exact) mass is 343 g/mol. The van der Waals surface area contributed by atoms with Crippen molar-refractivity contribution < 1.29 is 19.5 Å². The molecule has 0 aliphatic carbocycles. The highest BCUT2D eigenvalue weighted by atomic mass is 35.5. The minimum atomic E-state index is -1.08. The van der Waals surface area contributed by atoms with Gasteiger partial charge in [-0.3, -0.25) is 19.3 Å². The number of fused-ring (bicyclic) bond motifs is 1. The first kappa shape index (κ1) is 16.2. The van der Waals surface area contributed by atoms with Gasteiger partial charge >= 0.3 is 5.97 Å². The summed E-state index contributed by atoms with van der Waals surface area (Å²) >= 11 is 5.85. The number of aliphatic carboxylic acids is 1. The number of imide groups is 1. The number of amides is 2. The van der Waals surface area contributed by atoms with Gasteiger partial charge in [-0.25, -0.2) is 0 Å². The van der Waals surface area contributed by atoms with Gasteiger partial charge in [-0.1, -0.05) is 41.9 Å². The van der Waals surface area contributed by atoms with Gasteiger partial charge in [0.25, 0.3) is 5.91 Å². The van der Waals surface area contributed by atoms with Crippen LogP contribution in [0.5, 0.6) is 0 Å². The highest BCUT2D eigenvalue weighted by molar-refractivity contribution is 6.30. The van der Waals surface area contributed by atoms with Crippen LogP contribution in [-0.4, -0.2) is 27.8 Å². The fourth-order valence-corrected chi connectivity index (χ4v) is 2.98. The van der Waals surface area contributed by atoms with Crippen LogP contribution in [0.1, 0.15) is 33.8 Å². The average molecular weight is 344 g/mol. The summed E-state index contributed by atoms with van der Waals surface area (Å²) in [5.41, 5.74) is 1.59. The Morgan fingerprint density at radius 2 is 1.75 bits per heavy atom. The van der Waals surface area contributed by atoms with Gasteiger partial charge in [0.1, 0.15) is 0 Å². The van der Waals surface area contributed by atoms with Crippen molar-refractivity contribution in [3.05, 3.63) is 70.2 Å². The standard InChI is InChI=1S/C18H14ClNO4/c19-12-7-5-11(6-8-12)10-20-17(23)14-4-2-1-3-13(14)15(18(20)24)9-16(21)22/h1-8,15H,9-10H2,(H,21,22). The Morgan fingerprint density at radius 3 is 2.42 bits per heavy atom. The summed E-state index contributed by atoms with van der Waals surface area (Å²) in [7, 11) is 0. The molecule has 2 amide bonds. The molecule has 0 saturated heterocycles. The largest absolute Gasteiger partial charge is 0.481 e. The van der Waals surface area contributed by atoms with Gasteiger partial charge in [0.05, 0.1) is 18.9 Å². The van der Waals surface area contributed by atoms with Crippen molar-refractivity contribution in [1.29, 1.82) is 0 Å². The number of rotatable bonds is 4. The first-order chi connectivity index (χ1) is 11.5. The van der Waals surface area contributed by atoms with Gasteiger partial charge in [0, 0.05) is 10.6 Å². The lowest BCUT2D eigenvalue weighted by atomic mass is 9.86. The molecule has 0 fully saturated rings. The van der Waals surface area contributed by atoms with E-state index in [-0.39, 0.29) is 13.0 Å². The van der Waals surface area contributed by atoms with E-state index in [1.165, 1.54) is 0 Å². The van der Waals surface area contributed by atoms with Gasteiger partial charge in [-0.15, -0.1) is 0 Å². The summed E-state index contributed by atoms with van der Waals surface area (Å²) in [5, 5.41) is 9.67. The summed E-state index contributed by atoms with van der Waals surface area (Å²) in [6.07, 6.45) is -0.347. The number of carbonyl (C=O) groups excluding carboxylic acids is 2. The van der Waals surface area contributed by atoms with Crippen molar-refractivity contribution >= 4 is 29.4 Å². The Bertz CT molecular complexity index is 816. The lowest BCUT2D eigenvalue weighted by Gasteiger charge is -2.32. The number of carboxylic acids is 1. The number of halogens is 1. The lowest BCUT2D eigenvalue weighted by molar-refractivity contribution is -0.141. The van der Waals surface area contributed by atoms with Crippen molar-refractivity contribution in [1.82, 2.24) is 4.90 Å². The van der Waals surface area contributed by atoms with E-state index >= 15 is 0 Å². The molecule has 1 aliphatic rings. The van der Waals surface area contributed by atoms with E-state index in [1.807, 2.05) is 0 Å². The molecule has 0 saturated carbocycles. The van der Waals surface area contributed by atoms with E-state index < -0.39 is 23.7 Å². The maximum absolute atomic E-state index is 12.7. The van der Waals surface area contributed by atoms with Crippen LogP contribution in [0.25, 0.3) is 0 Å². The van der Waals surface area contributed by atoms with Crippen LogP contribution < -0.4 is 0 Å². The van der Waals surface area contributed by atoms with Crippen LogP contribution in [0.4, 0.5) is 0 Å². The molecule has 1 unspecified atom stereocenters. The summed E-state index contributed by atoms with van der Waals surface area (Å²) in [4.78, 5) is 37.6. The molecule has 1 heterocycles. The quantitative estimate of drug-likeness (QED) is 0.866. The third-order valence-electron chi connectivity index (χ3n) is 4.01. The van der Waals surface area contributed by atoms with Crippen LogP contribution in [0.2, 0.25) is 5.02 Å². The van der Waals surface area contributed by atoms with Crippen molar-refractivity contribution in [2.24, 2.45) is 0 Å². The molecule has 3 rings (SSSR count). The minimum absolute atomic E-state index is 0.0826. The highest BCUT2D eigenvalue weighted by Crippen LogP contribution is 2.32. The molecule has 0 radical (unpaired) electrons. The Kier molecular flexibility index (Phi) is 4.36. The molecule has 122 valence electrons. The first-order valence-electron chi connectivity index (χ1n) is 7.38. The van der Waals surface area contributed by atoms with E-state index in [4.69, 9.17) is 16.7 Å². The van der Waals surface area contributed by atoms with Gasteiger partial charge in [0.15, 0.2) is 0 Å². The molecule has 0 aromatic heterocycles. The van der Waals surface area contributed by atoms with E-state index in [0.29, 0.717) is 16.1 Å². The van der Waals surface area contributed by atoms with Gasteiger partial charge < -0.3 is 5.11 Å². The van der Waals surface area contributed by atoms with Gasteiger partial charge in [-0.2, -0.15) is 0 Å². The maximum Gasteiger partial charge on any atom is 0.304 e. The summed E-state index contributed by atoms with van der Waals surface area (Å²) in [6, 6.07) is 13.5. The SMILES string of the molecule is O=C(O)CC1C(=O)N(Cc2ccc(Cl)cc2)C(=O)c2ccccc21. The molecule has 24 heavy (non-hydrogen) atoms. The van der Waals surface area contributed by atoms with Crippen LogP contribution in [0.15, 0.2) is 48.5 Å². The van der Waals surface area contributed by atoms with Gasteiger partial charge in [-0.05, 0) is 29.3 Å². The smallest absolute Gasteiger partial charge is 0.304 e. The van der Waals surface area contributed by atoms with Crippen molar-refractivity contribution in [2.75, 3.05) is 0 Å². The Balaban J connectivity index is 1.98. The van der Waals surface area contributed by atoms with E-state index in [2.05, 4.69) is 0 Å². The first-order valence-corrected chi connectivity index (χ1v) is 7.76. The molecule has 2 aromatic rings. The molecule has 5 nitrogen and oxygen atoms in total. The number of nitrogens with zero attached hydrogens (tertiary/aromatic N) is 1. The van der Waals surface area contributed by atoms with Crippen LogP contribution in [0, 0.1) is 0 Å². The number of benzene rings is 2. The zero-order chi connectivity index (χ0) is 17.3. The van der Waals surface area contributed by atoms with Crippen LogP contribution in [-0.2, 0) is 16.1 Å². The Hall–Kier alpha value is -2.66. The van der Waals surface area contributed by atoms with E-state index in [9.17, 15) is 14.4 Å². The second kappa shape index (κ2) is 6.45. The van der Waals surface area contributed by atoms with Gasteiger partial charge in [0.2, 0.25) is 5.91 Å². The molecule has 6 heteroatoms. The predicted molar refractivity (Wildman–Crippen MR) is 87.8 cm³/mol. The normalized spacial score (nSPS) is 16.9. The zero-order valence-corrected chi connectivity index (χ0v) is 13.4. The fraction of sp³-hybridized carbons (Fsp3) is 0.167. The number of carboxylic acid groups (broad SMARTS) is 1. The molecular formula is C18H14ClNO4. The molecular weight excluding hydrogens is 330 g/mol. The third kappa shape index (κ3) is 3.03. The van der Waals surface area contributed by atoms with Crippen molar-refractivity contribution in [3.8, 4) is 0 Å². The topological polar surface area (TPSA) is 74.7 Å². The minimum Gasteiger partial charge on any atom is -0.481 e. The van der Waals surface area contributed by atoms with Crippen LogP contribution >= 0.6 is 11.6 Å². The molecule has 1 N–H and O–H groups in total. The van der Waals surface area contributed by atoms with Crippen molar-refractivity contribution in [2.45, 2.75) is 18.9 Å². The average Bonchev–Trinajstić information content (AvgIpc) is 2.57. The maximum atomic E-state index is 12.7. The second-order valence-electron chi connectivity index (χ2n) is 5.59. The summed E-state index contributed by atoms with van der Waals surface area (Å²) in [6.45, 7) is 0.0826. The van der Waals surface area contributed by atoms with Crippen LogP contribution in [0.3, 0.4) is 0 Å². The lowest BCUT2D eigenvalue weighted by Crippen LogP contribution is -2.44. The third-order valence-corrected chi connectivity index (χ3v) is 4.26. The molecule has 0 bridgehead atoms. The molecule has 1 aliphatic heterocycles. The van der Waals surface area contributed by atoms with E-state index in [1.54, 1.807) is 48.5 Å². The molecule has 1 atom stereocenters. The molecule has 2 aromatic carbocycles. The fourth-order valence-electron chi connectivity index (χ4n) is 2.86.